The van der Waals surface area contributed by atoms with E-state index in [2.05, 4.69) is 11.1 Å². The van der Waals surface area contributed by atoms with E-state index in [0.717, 1.165) is 11.9 Å². The van der Waals surface area contributed by atoms with Crippen molar-refractivity contribution >= 4 is 22.6 Å². The highest BCUT2D eigenvalue weighted by atomic mass is 16.2. The number of nitrogens with one attached hydrogen (secondary N) is 1. The SMILES string of the molecule is CC(=O)CC(=O)N(C)CCc1c[nH]c2ccccc12. The normalized spacial score (nSPS) is 10.6. The third-order valence-electron chi connectivity index (χ3n) is 3.22. The van der Waals surface area contributed by atoms with Crippen LogP contribution in [0.5, 0.6) is 0 Å². The van der Waals surface area contributed by atoms with Gasteiger partial charge in [0.25, 0.3) is 0 Å². The average molecular weight is 258 g/mol. The van der Waals surface area contributed by atoms with Gasteiger partial charge >= 0.3 is 0 Å². The molecule has 0 aliphatic carbocycles. The van der Waals surface area contributed by atoms with Crippen LogP contribution in [-0.4, -0.2) is 35.2 Å². The van der Waals surface area contributed by atoms with Crippen LogP contribution < -0.4 is 0 Å². The molecule has 1 amide bonds. The topological polar surface area (TPSA) is 53.2 Å². The van der Waals surface area contributed by atoms with E-state index in [4.69, 9.17) is 0 Å². The van der Waals surface area contributed by atoms with Gasteiger partial charge in [0, 0.05) is 30.7 Å². The van der Waals surface area contributed by atoms with Crippen LogP contribution in [0.15, 0.2) is 30.5 Å². The van der Waals surface area contributed by atoms with Crippen LogP contribution in [0.2, 0.25) is 0 Å². The van der Waals surface area contributed by atoms with Gasteiger partial charge < -0.3 is 9.88 Å². The zero-order valence-electron chi connectivity index (χ0n) is 11.3. The van der Waals surface area contributed by atoms with Gasteiger partial charge in [0.05, 0.1) is 6.42 Å². The summed E-state index contributed by atoms with van der Waals surface area (Å²) < 4.78 is 0. The molecule has 2 aromatic rings. The number of aromatic nitrogens is 1. The lowest BCUT2D eigenvalue weighted by molar-refractivity contribution is -0.133. The summed E-state index contributed by atoms with van der Waals surface area (Å²) in [6.07, 6.45) is 2.75. The molecule has 19 heavy (non-hydrogen) atoms. The molecule has 0 unspecified atom stereocenters. The minimum atomic E-state index is -0.118. The summed E-state index contributed by atoms with van der Waals surface area (Å²) in [6.45, 7) is 2.05. The van der Waals surface area contributed by atoms with Crippen LogP contribution in [0.1, 0.15) is 18.9 Å². The van der Waals surface area contributed by atoms with Crippen LogP contribution in [0.3, 0.4) is 0 Å². The third kappa shape index (κ3) is 3.22. The molecule has 1 N–H and O–H groups in total. The molecular weight excluding hydrogens is 240 g/mol. The Hall–Kier alpha value is -2.10. The van der Waals surface area contributed by atoms with Gasteiger partial charge in [-0.3, -0.25) is 9.59 Å². The molecule has 0 aliphatic heterocycles. The number of likely N-dealkylation sites (N-methyl/N-ethyl adjacent to an activating group) is 1. The number of carbonyl (C=O) groups excluding carboxylic acids is 2. The van der Waals surface area contributed by atoms with Crippen molar-refractivity contribution < 1.29 is 9.59 Å². The number of nitrogens with zero attached hydrogens (tertiary/aromatic N) is 1. The molecule has 0 radical (unpaired) electrons. The first-order valence-electron chi connectivity index (χ1n) is 6.36. The van der Waals surface area contributed by atoms with E-state index < -0.39 is 0 Å². The number of amides is 1. The minimum absolute atomic E-state index is 0.00954. The monoisotopic (exact) mass is 258 g/mol. The fourth-order valence-corrected chi connectivity index (χ4v) is 2.10. The van der Waals surface area contributed by atoms with E-state index in [1.54, 1.807) is 11.9 Å². The van der Waals surface area contributed by atoms with Crippen molar-refractivity contribution in [2.45, 2.75) is 19.8 Å². The van der Waals surface area contributed by atoms with Crippen LogP contribution in [0, 0.1) is 0 Å². The minimum Gasteiger partial charge on any atom is -0.361 e. The van der Waals surface area contributed by atoms with Crippen molar-refractivity contribution in [3.8, 4) is 0 Å². The second-order valence-electron chi connectivity index (χ2n) is 4.80. The fourth-order valence-electron chi connectivity index (χ4n) is 2.10. The van der Waals surface area contributed by atoms with Crippen LogP contribution >= 0.6 is 0 Å². The van der Waals surface area contributed by atoms with Gasteiger partial charge in [0.1, 0.15) is 5.78 Å². The third-order valence-corrected chi connectivity index (χ3v) is 3.22. The van der Waals surface area contributed by atoms with E-state index in [1.807, 2.05) is 24.4 Å². The molecule has 0 fully saturated rings. The predicted octanol–water partition coefficient (Wildman–Crippen LogP) is 2.15. The summed E-state index contributed by atoms with van der Waals surface area (Å²) in [5.74, 6) is -0.212. The number of ketones is 1. The molecule has 1 aromatic heterocycles. The van der Waals surface area contributed by atoms with Gasteiger partial charge in [-0.1, -0.05) is 18.2 Å². The largest absolute Gasteiger partial charge is 0.361 e. The number of hydrogen-bond acceptors (Lipinski definition) is 2. The smallest absolute Gasteiger partial charge is 0.229 e. The summed E-state index contributed by atoms with van der Waals surface area (Å²) in [5, 5.41) is 1.19. The molecule has 1 heterocycles. The number of para-hydroxylation sites is 1. The Bertz CT molecular complexity index is 601. The summed E-state index contributed by atoms with van der Waals surface area (Å²) in [7, 11) is 1.74. The van der Waals surface area contributed by atoms with Crippen molar-refractivity contribution in [3.05, 3.63) is 36.0 Å². The fraction of sp³-hybridized carbons (Fsp3) is 0.333. The highest BCUT2D eigenvalue weighted by Gasteiger charge is 2.11. The number of Topliss-reactive ketones (excluding diaryl/α,β-unsaturated/α-hetero) is 1. The Kier molecular flexibility index (Phi) is 4.00. The van der Waals surface area contributed by atoms with Crippen molar-refractivity contribution in [1.82, 2.24) is 9.88 Å². The van der Waals surface area contributed by atoms with Crippen molar-refractivity contribution in [3.63, 3.8) is 0 Å². The number of aromatic amines is 1. The maximum Gasteiger partial charge on any atom is 0.229 e. The summed E-state index contributed by atoms with van der Waals surface area (Å²) in [4.78, 5) is 27.4. The summed E-state index contributed by atoms with van der Waals surface area (Å²) in [6, 6.07) is 8.09. The first kappa shape index (κ1) is 13.3. The molecule has 100 valence electrons. The van der Waals surface area contributed by atoms with Crippen LogP contribution in [-0.2, 0) is 16.0 Å². The lowest BCUT2D eigenvalue weighted by Crippen LogP contribution is -2.29. The van der Waals surface area contributed by atoms with Crippen molar-refractivity contribution in [1.29, 1.82) is 0 Å². The first-order valence-corrected chi connectivity index (χ1v) is 6.36. The molecule has 0 atom stereocenters. The number of rotatable bonds is 5. The molecule has 4 nitrogen and oxygen atoms in total. The van der Waals surface area contributed by atoms with Crippen LogP contribution in [0.4, 0.5) is 0 Å². The van der Waals surface area contributed by atoms with Gasteiger partial charge in [-0.15, -0.1) is 0 Å². The number of H-pyrrole nitrogens is 1. The van der Waals surface area contributed by atoms with Crippen LogP contribution in [0.25, 0.3) is 10.9 Å². The second kappa shape index (κ2) is 5.69. The number of hydrogen-bond donors (Lipinski definition) is 1. The Morgan fingerprint density at radius 2 is 2.00 bits per heavy atom. The Morgan fingerprint density at radius 3 is 2.74 bits per heavy atom. The van der Waals surface area contributed by atoms with Gasteiger partial charge in [0.2, 0.25) is 5.91 Å². The summed E-state index contributed by atoms with van der Waals surface area (Å²) in [5.41, 5.74) is 2.30. The Balaban J connectivity index is 1.99. The zero-order chi connectivity index (χ0) is 13.8. The maximum atomic E-state index is 11.7. The molecule has 1 aromatic carbocycles. The van der Waals surface area contributed by atoms with E-state index in [0.29, 0.717) is 6.54 Å². The Morgan fingerprint density at radius 1 is 1.26 bits per heavy atom. The van der Waals surface area contributed by atoms with Gasteiger partial charge in [-0.2, -0.15) is 0 Å². The van der Waals surface area contributed by atoms with Crippen molar-refractivity contribution in [2.75, 3.05) is 13.6 Å². The quantitative estimate of drug-likeness (QED) is 0.835. The maximum absolute atomic E-state index is 11.7. The standard InChI is InChI=1S/C15H18N2O2/c1-11(18)9-15(19)17(2)8-7-12-10-16-14-6-4-3-5-13(12)14/h3-6,10,16H,7-9H2,1-2H3. The first-order chi connectivity index (χ1) is 9.08. The highest BCUT2D eigenvalue weighted by molar-refractivity contribution is 5.96. The molecule has 0 spiro atoms. The average Bonchev–Trinajstić information content (AvgIpc) is 2.78. The lowest BCUT2D eigenvalue weighted by Gasteiger charge is -2.16. The zero-order valence-corrected chi connectivity index (χ0v) is 11.3. The predicted molar refractivity (Wildman–Crippen MR) is 74.9 cm³/mol. The Labute approximate surface area is 112 Å². The highest BCUT2D eigenvalue weighted by Crippen LogP contribution is 2.18. The van der Waals surface area contributed by atoms with Gasteiger partial charge in [-0.05, 0) is 25.0 Å². The number of benzene rings is 1. The molecule has 0 aliphatic rings. The molecular formula is C15H18N2O2. The second-order valence-corrected chi connectivity index (χ2v) is 4.80. The number of fused-ring (bicyclic) bond motifs is 1. The molecule has 0 saturated heterocycles. The summed E-state index contributed by atoms with van der Waals surface area (Å²) >= 11 is 0. The molecule has 2 rings (SSSR count). The van der Waals surface area contributed by atoms with E-state index in [1.165, 1.54) is 17.9 Å². The van der Waals surface area contributed by atoms with Gasteiger partial charge in [0.15, 0.2) is 0 Å². The van der Waals surface area contributed by atoms with Gasteiger partial charge in [-0.25, -0.2) is 0 Å². The lowest BCUT2D eigenvalue weighted by atomic mass is 10.1. The van der Waals surface area contributed by atoms with E-state index in [9.17, 15) is 9.59 Å². The number of carbonyl (C=O) groups is 2. The van der Waals surface area contributed by atoms with E-state index >= 15 is 0 Å². The van der Waals surface area contributed by atoms with E-state index in [-0.39, 0.29) is 18.1 Å². The molecule has 0 saturated carbocycles. The molecule has 0 bridgehead atoms. The van der Waals surface area contributed by atoms with Crippen molar-refractivity contribution in [2.24, 2.45) is 0 Å². The molecule has 4 heteroatoms.